The SMILES string of the molecule is CCCN(CCC)C(=O)c1cc(C)cc(C(=O)N(C[C@@H](O)[C@@H](N)Cc2cc(F)cc(F)c2)C2CCCCC2C)c1. The summed E-state index contributed by atoms with van der Waals surface area (Å²) < 4.78 is 27.4. The van der Waals surface area contributed by atoms with E-state index in [0.717, 1.165) is 50.2 Å². The minimum atomic E-state index is -1.11. The van der Waals surface area contributed by atoms with Crippen LogP contribution in [0.5, 0.6) is 0 Å². The summed E-state index contributed by atoms with van der Waals surface area (Å²) in [6.07, 6.45) is 4.48. The number of aliphatic hydroxyl groups excluding tert-OH is 1. The molecule has 220 valence electrons. The highest BCUT2D eigenvalue weighted by atomic mass is 19.1. The van der Waals surface area contributed by atoms with Crippen LogP contribution in [0.4, 0.5) is 8.78 Å². The van der Waals surface area contributed by atoms with E-state index in [-0.39, 0.29) is 36.7 Å². The third kappa shape index (κ3) is 8.33. The van der Waals surface area contributed by atoms with Crippen LogP contribution < -0.4 is 5.73 Å². The quantitative estimate of drug-likeness (QED) is 0.362. The molecular weight excluding hydrogens is 512 g/mol. The molecule has 1 saturated carbocycles. The third-order valence-electron chi connectivity index (χ3n) is 7.84. The van der Waals surface area contributed by atoms with Gasteiger partial charge in [-0.15, -0.1) is 0 Å². The maximum Gasteiger partial charge on any atom is 0.254 e. The summed E-state index contributed by atoms with van der Waals surface area (Å²) in [7, 11) is 0. The van der Waals surface area contributed by atoms with Gasteiger partial charge in [0.1, 0.15) is 11.6 Å². The van der Waals surface area contributed by atoms with Gasteiger partial charge in [-0.25, -0.2) is 8.78 Å². The van der Waals surface area contributed by atoms with E-state index in [2.05, 4.69) is 6.92 Å². The van der Waals surface area contributed by atoms with E-state index in [0.29, 0.717) is 29.8 Å². The Bertz CT molecular complexity index is 1130. The van der Waals surface area contributed by atoms with Gasteiger partial charge in [-0.2, -0.15) is 0 Å². The molecule has 2 unspecified atom stereocenters. The largest absolute Gasteiger partial charge is 0.390 e. The highest BCUT2D eigenvalue weighted by Crippen LogP contribution is 2.30. The number of hydrogen-bond donors (Lipinski definition) is 2. The topological polar surface area (TPSA) is 86.9 Å². The van der Waals surface area contributed by atoms with Crippen LogP contribution in [0.25, 0.3) is 0 Å². The van der Waals surface area contributed by atoms with Crippen molar-refractivity contribution in [3.8, 4) is 0 Å². The second-order valence-electron chi connectivity index (χ2n) is 11.4. The fourth-order valence-electron chi connectivity index (χ4n) is 5.84. The van der Waals surface area contributed by atoms with Gasteiger partial charge in [0.15, 0.2) is 0 Å². The molecule has 3 rings (SSSR count). The van der Waals surface area contributed by atoms with E-state index in [4.69, 9.17) is 5.73 Å². The van der Waals surface area contributed by atoms with E-state index in [1.807, 2.05) is 31.7 Å². The normalized spacial score (nSPS) is 18.7. The number of halogens is 2. The molecule has 3 N–H and O–H groups in total. The second kappa shape index (κ2) is 14.7. The molecule has 0 saturated heterocycles. The molecule has 6 nitrogen and oxygen atoms in total. The predicted molar refractivity (Wildman–Crippen MR) is 154 cm³/mol. The average Bonchev–Trinajstić information content (AvgIpc) is 2.90. The van der Waals surface area contributed by atoms with Crippen LogP contribution in [0.15, 0.2) is 36.4 Å². The van der Waals surface area contributed by atoms with Crippen LogP contribution >= 0.6 is 0 Å². The molecule has 0 aromatic heterocycles. The molecule has 0 heterocycles. The van der Waals surface area contributed by atoms with Crippen molar-refractivity contribution in [2.24, 2.45) is 11.7 Å². The zero-order chi connectivity index (χ0) is 29.4. The summed E-state index contributed by atoms with van der Waals surface area (Å²) >= 11 is 0. The van der Waals surface area contributed by atoms with Crippen molar-refractivity contribution < 1.29 is 23.5 Å². The highest BCUT2D eigenvalue weighted by Gasteiger charge is 2.34. The van der Waals surface area contributed by atoms with Crippen LogP contribution in [0.3, 0.4) is 0 Å². The van der Waals surface area contributed by atoms with E-state index in [9.17, 15) is 23.5 Å². The average molecular weight is 558 g/mol. The van der Waals surface area contributed by atoms with Crippen molar-refractivity contribution in [1.82, 2.24) is 9.80 Å². The Balaban J connectivity index is 1.89. The Morgan fingerprint density at radius 1 is 0.950 bits per heavy atom. The van der Waals surface area contributed by atoms with Gasteiger partial charge in [-0.3, -0.25) is 9.59 Å². The van der Waals surface area contributed by atoms with Crippen LogP contribution in [0.1, 0.15) is 91.1 Å². The Kier molecular flexibility index (Phi) is 11.6. The molecule has 8 heteroatoms. The number of aliphatic hydroxyl groups is 1. The van der Waals surface area contributed by atoms with Crippen LogP contribution in [0, 0.1) is 24.5 Å². The highest BCUT2D eigenvalue weighted by molar-refractivity contribution is 6.00. The fourth-order valence-corrected chi connectivity index (χ4v) is 5.84. The molecule has 4 atom stereocenters. The summed E-state index contributed by atoms with van der Waals surface area (Å²) in [6.45, 7) is 9.33. The number of benzene rings is 2. The smallest absolute Gasteiger partial charge is 0.254 e. The Labute approximate surface area is 237 Å². The number of hydrogen-bond acceptors (Lipinski definition) is 4. The second-order valence-corrected chi connectivity index (χ2v) is 11.4. The maximum atomic E-state index is 14.1. The van der Waals surface area contributed by atoms with Gasteiger partial charge >= 0.3 is 0 Å². The summed E-state index contributed by atoms with van der Waals surface area (Å²) in [5.74, 6) is -1.52. The number of nitrogens with two attached hydrogens (primary N) is 1. The molecule has 2 amide bonds. The van der Waals surface area contributed by atoms with Gasteiger partial charge in [-0.05, 0) is 86.4 Å². The fraction of sp³-hybridized carbons (Fsp3) is 0.562. The van der Waals surface area contributed by atoms with E-state index < -0.39 is 23.8 Å². The lowest BCUT2D eigenvalue weighted by Crippen LogP contribution is -2.52. The molecule has 0 radical (unpaired) electrons. The van der Waals surface area contributed by atoms with E-state index >= 15 is 0 Å². The van der Waals surface area contributed by atoms with Crippen LogP contribution in [-0.4, -0.2) is 64.5 Å². The Morgan fingerprint density at radius 2 is 1.52 bits per heavy atom. The molecule has 2 aromatic rings. The van der Waals surface area contributed by atoms with Crippen molar-refractivity contribution in [2.45, 2.75) is 90.8 Å². The first-order chi connectivity index (χ1) is 19.0. The first kappa shape index (κ1) is 31.7. The summed E-state index contributed by atoms with van der Waals surface area (Å²) in [6, 6.07) is 7.53. The number of nitrogens with zero attached hydrogens (tertiary/aromatic N) is 2. The van der Waals surface area contributed by atoms with Crippen molar-refractivity contribution >= 4 is 11.8 Å². The molecular formula is C32H45F2N3O3. The zero-order valence-electron chi connectivity index (χ0n) is 24.3. The van der Waals surface area contributed by atoms with Crippen LogP contribution in [-0.2, 0) is 6.42 Å². The number of carbonyl (C=O) groups is 2. The van der Waals surface area contributed by atoms with Crippen molar-refractivity contribution in [3.63, 3.8) is 0 Å². The summed E-state index contributed by atoms with van der Waals surface area (Å²) in [5.41, 5.74) is 8.33. The molecule has 2 aromatic carbocycles. The van der Waals surface area contributed by atoms with Gasteiger partial charge in [-0.1, -0.05) is 33.6 Å². The Morgan fingerprint density at radius 3 is 2.10 bits per heavy atom. The van der Waals surface area contributed by atoms with Crippen molar-refractivity contribution in [3.05, 3.63) is 70.3 Å². The molecule has 40 heavy (non-hydrogen) atoms. The lowest BCUT2D eigenvalue weighted by Gasteiger charge is -2.40. The number of rotatable bonds is 12. The molecule has 1 aliphatic carbocycles. The monoisotopic (exact) mass is 557 g/mol. The lowest BCUT2D eigenvalue weighted by molar-refractivity contribution is 0.0307. The molecule has 0 spiro atoms. The number of amides is 2. The van der Waals surface area contributed by atoms with Crippen LogP contribution in [0.2, 0.25) is 0 Å². The maximum absolute atomic E-state index is 14.1. The van der Waals surface area contributed by atoms with Crippen molar-refractivity contribution in [1.29, 1.82) is 0 Å². The van der Waals surface area contributed by atoms with E-state index in [1.54, 1.807) is 17.0 Å². The number of aryl methyl sites for hydroxylation is 1. The minimum Gasteiger partial charge on any atom is -0.390 e. The van der Waals surface area contributed by atoms with Gasteiger partial charge in [0.2, 0.25) is 0 Å². The molecule has 1 aliphatic rings. The van der Waals surface area contributed by atoms with Gasteiger partial charge < -0.3 is 20.6 Å². The first-order valence-corrected chi connectivity index (χ1v) is 14.6. The molecule has 1 fully saturated rings. The summed E-state index contributed by atoms with van der Waals surface area (Å²) in [4.78, 5) is 31.0. The molecule has 0 aliphatic heterocycles. The molecule has 0 bridgehead atoms. The van der Waals surface area contributed by atoms with E-state index in [1.165, 1.54) is 12.1 Å². The first-order valence-electron chi connectivity index (χ1n) is 14.6. The predicted octanol–water partition coefficient (Wildman–Crippen LogP) is 5.49. The lowest BCUT2D eigenvalue weighted by atomic mass is 9.84. The minimum absolute atomic E-state index is 0.0121. The standard InChI is InChI=1S/C32H45F2N3O3/c1-5-11-36(12-6-2)31(39)24-13-21(3)14-25(18-24)32(40)37(29-10-8-7-9-22(29)4)20-30(38)28(35)17-23-15-26(33)19-27(34)16-23/h13-16,18-19,22,28-30,38H,5-12,17,20,35H2,1-4H3/t22?,28-,29?,30+/m0/s1. The Hall–Kier alpha value is -2.84. The summed E-state index contributed by atoms with van der Waals surface area (Å²) in [5, 5.41) is 11.1. The van der Waals surface area contributed by atoms with Gasteiger partial charge in [0.25, 0.3) is 11.8 Å². The van der Waals surface area contributed by atoms with Gasteiger partial charge in [0, 0.05) is 48.9 Å². The third-order valence-corrected chi connectivity index (χ3v) is 7.84. The van der Waals surface area contributed by atoms with Gasteiger partial charge in [0.05, 0.1) is 6.10 Å². The zero-order valence-corrected chi connectivity index (χ0v) is 24.3. The van der Waals surface area contributed by atoms with Crippen molar-refractivity contribution in [2.75, 3.05) is 19.6 Å². The number of carbonyl (C=O) groups excluding carboxylic acids is 2.